The number of azo groups is 4. The van der Waals surface area contributed by atoms with E-state index in [1.807, 2.05) is 24.3 Å². The number of aliphatic hydroxyl groups is 2. The average Bonchev–Trinajstić information content (AvgIpc) is 0.855. The van der Waals surface area contributed by atoms with Gasteiger partial charge in [-0.2, -0.15) is 8.61 Å². The van der Waals surface area contributed by atoms with Gasteiger partial charge >= 0.3 is 22.2 Å². The molecule has 724 valence electrons. The summed E-state index contributed by atoms with van der Waals surface area (Å²) >= 11 is 0. The summed E-state index contributed by atoms with van der Waals surface area (Å²) in [5.41, 5.74) is 23.8. The Hall–Kier alpha value is -15.5. The molecule has 47 heteroatoms. The van der Waals surface area contributed by atoms with Crippen molar-refractivity contribution in [2.75, 3.05) is 102 Å². The second-order valence-corrected chi connectivity index (χ2v) is 37.8. The SMILES string of the molecule is C=CCN(CC=C)S(=O)(=O)c1ccc(OC)cc1N=Nc1c(N)[nH]n(-c2ccccc2)c1=O.CCN(c1ccc(OC)cc1)S(=O)(=O)c1ccc(OC)cc1N=Nc1c(N)[nH]n(-c2ccccc2)c1=O.COc1ccc(S(=O)(=O)N2CCCC(CO)C2)c(N=Nc2c(N)[nH]n(-c3ccccc3)c2=O)c1.COc1ccc(S(=O)(=O)NC2CCC(O)CC2)c(N=Nc2c(N)[nH]n(-c3ccccc3)c2=O)c1. The molecule has 138 heavy (non-hydrogen) atoms. The number of piperidine rings is 1. The molecule has 1 saturated heterocycles. The van der Waals surface area contributed by atoms with E-state index >= 15 is 0 Å². The van der Waals surface area contributed by atoms with Crippen molar-refractivity contribution in [2.45, 2.75) is 77.2 Å². The summed E-state index contributed by atoms with van der Waals surface area (Å²) in [6.45, 7) is 9.71. The van der Waals surface area contributed by atoms with Crippen molar-refractivity contribution >= 4 is 115 Å². The van der Waals surface area contributed by atoms with Gasteiger partial charge in [0.05, 0.1) is 70.1 Å². The van der Waals surface area contributed by atoms with Crippen LogP contribution in [-0.4, -0.2) is 179 Å². The first kappa shape index (κ1) is 101. The number of methoxy groups -OCH3 is 5. The normalized spacial score (nSPS) is 14.8. The van der Waals surface area contributed by atoms with Crippen molar-refractivity contribution in [3.8, 4) is 51.5 Å². The Balaban J connectivity index is 0.000000165. The van der Waals surface area contributed by atoms with Gasteiger partial charge in [-0.05, 0) is 173 Å². The number of para-hydroxylation sites is 4. The Morgan fingerprint density at radius 3 is 1.08 bits per heavy atom. The predicted molar refractivity (Wildman–Crippen MR) is 521 cm³/mol. The first-order valence-corrected chi connectivity index (χ1v) is 48.3. The second-order valence-electron chi connectivity index (χ2n) is 30.5. The van der Waals surface area contributed by atoms with Crippen molar-refractivity contribution < 1.29 is 67.6 Å². The zero-order valence-corrected chi connectivity index (χ0v) is 78.8. The molecule has 1 atom stereocenters. The van der Waals surface area contributed by atoms with Crippen LogP contribution in [0.4, 0.5) is 74.5 Å². The molecule has 0 bridgehead atoms. The zero-order chi connectivity index (χ0) is 99.2. The molecule has 2 fully saturated rings. The summed E-state index contributed by atoms with van der Waals surface area (Å²) in [5.74, 6) is 1.91. The Morgan fingerprint density at radius 2 is 0.746 bits per heavy atom. The van der Waals surface area contributed by atoms with Gasteiger partial charge in [-0.1, -0.05) is 84.9 Å². The zero-order valence-electron chi connectivity index (χ0n) is 75.6. The van der Waals surface area contributed by atoms with Crippen LogP contribution in [0.3, 0.4) is 0 Å². The number of nitrogens with zero attached hydrogens (tertiary/aromatic N) is 15. The number of anilines is 5. The lowest BCUT2D eigenvalue weighted by Crippen LogP contribution is -2.40. The van der Waals surface area contributed by atoms with Crippen LogP contribution in [-0.2, 0) is 40.1 Å². The van der Waals surface area contributed by atoms with E-state index in [1.165, 1.54) is 152 Å². The number of ether oxygens (including phenoxy) is 5. The summed E-state index contributed by atoms with van der Waals surface area (Å²) < 4.78 is 144. The highest BCUT2D eigenvalue weighted by Crippen LogP contribution is 2.40. The third-order valence-corrected chi connectivity index (χ3v) is 28.8. The van der Waals surface area contributed by atoms with Gasteiger partial charge in [0.25, 0.3) is 10.0 Å². The Kier molecular flexibility index (Phi) is 33.6. The number of aromatic amines is 4. The fraction of sp³-hybridized carbons (Fsp3) is 0.231. The van der Waals surface area contributed by atoms with Crippen LogP contribution in [0, 0.1) is 5.92 Å². The largest absolute Gasteiger partial charge is 0.497 e. The number of aliphatic hydroxyl groups excluding tert-OH is 2. The van der Waals surface area contributed by atoms with Crippen LogP contribution in [0.15, 0.2) is 323 Å². The van der Waals surface area contributed by atoms with E-state index in [1.54, 1.807) is 128 Å². The first-order valence-electron chi connectivity index (χ1n) is 42.5. The quantitative estimate of drug-likeness (QED) is 0.0134. The number of sulfonamides is 4. The lowest BCUT2D eigenvalue weighted by atomic mass is 9.94. The van der Waals surface area contributed by atoms with Crippen molar-refractivity contribution in [2.24, 2.45) is 46.8 Å². The smallest absolute Gasteiger partial charge is 0.301 e. The van der Waals surface area contributed by atoms with E-state index in [9.17, 15) is 63.1 Å². The molecular formula is C91H102N24O19S4. The van der Waals surface area contributed by atoms with E-state index in [-0.39, 0.29) is 133 Å². The number of H-pyrrole nitrogens is 4. The van der Waals surface area contributed by atoms with E-state index in [4.69, 9.17) is 46.6 Å². The van der Waals surface area contributed by atoms with E-state index in [2.05, 4.69) is 79.2 Å². The molecule has 4 aromatic heterocycles. The number of nitrogen functional groups attached to an aromatic ring is 4. The molecule has 15 rings (SSSR count). The minimum atomic E-state index is -4.08. The summed E-state index contributed by atoms with van der Waals surface area (Å²) in [4.78, 5) is 51.0. The molecule has 15 N–H and O–H groups in total. The Labute approximate surface area is 792 Å². The highest BCUT2D eigenvalue weighted by Gasteiger charge is 2.35. The highest BCUT2D eigenvalue weighted by atomic mass is 32.2. The van der Waals surface area contributed by atoms with E-state index in [0.717, 1.165) is 6.42 Å². The van der Waals surface area contributed by atoms with Crippen LogP contribution in [0.5, 0.6) is 28.7 Å². The minimum absolute atomic E-state index is 0.00560. The molecular weight excluding hydrogens is 1860 g/mol. The van der Waals surface area contributed by atoms with Crippen LogP contribution < -0.4 is 77.9 Å². The Morgan fingerprint density at radius 1 is 0.428 bits per heavy atom. The molecule has 43 nitrogen and oxygen atoms in total. The summed E-state index contributed by atoms with van der Waals surface area (Å²) in [7, 11) is -8.65. The van der Waals surface area contributed by atoms with Gasteiger partial charge < -0.3 is 56.8 Å². The molecule has 5 heterocycles. The number of rotatable bonds is 33. The summed E-state index contributed by atoms with van der Waals surface area (Å²) in [6.07, 6.45) is 6.08. The standard InChI is InChI=1S/C25H26N6O5S.2C22H26N6O5S.C22H24N6O4S/c1-4-30(17-10-12-19(35-2)13-11-17)37(33,34)22-15-14-20(36-3)16-21(22)27-28-23-24(26)29-31(25(23)32)18-8-6-5-7-9-18;1-33-17-9-10-19(34(31,32)27-11-5-6-15(13-27)14-29)18(12-17)24-25-20-21(23)26-28(22(20)30)16-7-3-2-4-8-16;1-33-17-11-12-19(34(31,32)27-14-7-9-16(29)10-8-14)18(13-17)24-25-20-21(23)26-28(22(20)30)15-5-3-2-4-6-15;1-4-13-27(14-5-2)33(30,31)19-12-11-17(32-3)15-18(19)24-25-20-21(23)26-28(22(20)29)16-9-7-6-8-10-16/h5-16,29H,4,26H2,1-3H3;2-4,7-10,12,15,26,29H,5-6,11,13-14,23H2,1H3;2-6,11-14,16,26-27,29H,7-10,23H2,1H3;4-12,15,26H,1-2,13-14,23H2,3H3. The monoisotopic (exact) mass is 1960 g/mol. The molecule has 1 unspecified atom stereocenters. The molecule has 1 aliphatic carbocycles. The number of hydrogen-bond donors (Lipinski definition) is 11. The third kappa shape index (κ3) is 23.7. The van der Waals surface area contributed by atoms with Crippen LogP contribution in [0.1, 0.15) is 45.4 Å². The lowest BCUT2D eigenvalue weighted by Gasteiger charge is -2.31. The summed E-state index contributed by atoms with van der Waals surface area (Å²) in [6, 6.07) is 58.8. The molecule has 0 radical (unpaired) electrons. The van der Waals surface area contributed by atoms with Crippen molar-refractivity contribution in [3.63, 3.8) is 0 Å². The van der Waals surface area contributed by atoms with Gasteiger partial charge in [0, 0.05) is 69.6 Å². The molecule has 1 saturated carbocycles. The van der Waals surface area contributed by atoms with Gasteiger partial charge in [-0.25, -0.2) is 57.1 Å². The fourth-order valence-electron chi connectivity index (χ4n) is 14.4. The molecule has 1 aliphatic heterocycles. The topological polar surface area (TPSA) is 599 Å². The van der Waals surface area contributed by atoms with Gasteiger partial charge in [0.1, 0.15) is 94.4 Å². The van der Waals surface area contributed by atoms with Gasteiger partial charge in [-0.15, -0.1) is 54.1 Å². The second kappa shape index (κ2) is 45.7. The van der Waals surface area contributed by atoms with Crippen molar-refractivity contribution in [3.05, 3.63) is 285 Å². The molecule has 0 spiro atoms. The summed E-state index contributed by atoms with van der Waals surface area (Å²) in [5, 5.41) is 62.5. The Bertz CT molecular complexity index is 7340. The maximum atomic E-state index is 13.7. The van der Waals surface area contributed by atoms with Crippen LogP contribution in [0.2, 0.25) is 0 Å². The van der Waals surface area contributed by atoms with E-state index in [0.29, 0.717) is 95.8 Å². The first-order chi connectivity index (χ1) is 66.2. The highest BCUT2D eigenvalue weighted by molar-refractivity contribution is 7.93. The van der Waals surface area contributed by atoms with Crippen LogP contribution >= 0.6 is 0 Å². The number of benzene rings is 9. The molecule has 13 aromatic rings. The van der Waals surface area contributed by atoms with Gasteiger partial charge in [0.2, 0.25) is 30.1 Å². The fourth-order valence-corrected chi connectivity index (χ4v) is 20.5. The number of nitrogens with two attached hydrogens (primary N) is 4. The molecule has 0 amide bonds. The van der Waals surface area contributed by atoms with Crippen LogP contribution in [0.25, 0.3) is 22.7 Å². The van der Waals surface area contributed by atoms with Crippen molar-refractivity contribution in [1.82, 2.24) is 52.5 Å². The number of nitrogens with one attached hydrogen (secondary N) is 5. The number of hydrogen-bond acceptors (Lipinski definition) is 31. The average molecular weight is 1960 g/mol. The maximum absolute atomic E-state index is 13.7. The molecule has 2 aliphatic rings. The number of aromatic nitrogens is 8. The lowest BCUT2D eigenvalue weighted by molar-refractivity contribution is 0.120. The van der Waals surface area contributed by atoms with Crippen molar-refractivity contribution in [1.29, 1.82) is 0 Å². The predicted octanol–water partition coefficient (Wildman–Crippen LogP) is 13.2. The maximum Gasteiger partial charge on any atom is 0.301 e. The van der Waals surface area contributed by atoms with Gasteiger partial charge in [0.15, 0.2) is 22.7 Å². The minimum Gasteiger partial charge on any atom is -0.497 e. The molecule has 9 aromatic carbocycles. The van der Waals surface area contributed by atoms with Gasteiger partial charge in [-0.3, -0.25) is 43.9 Å². The van der Waals surface area contributed by atoms with E-state index < -0.39 is 68.4 Å². The third-order valence-electron chi connectivity index (χ3n) is 21.5.